The highest BCUT2D eigenvalue weighted by Crippen LogP contribution is 2.41. The zero-order valence-electron chi connectivity index (χ0n) is 7.19. The molecule has 0 bridgehead atoms. The highest BCUT2D eigenvalue weighted by Gasteiger charge is 2.41. The van der Waals surface area contributed by atoms with Gasteiger partial charge in [0.1, 0.15) is 6.10 Å². The van der Waals surface area contributed by atoms with Gasteiger partial charge in [0.2, 0.25) is 0 Å². The molecule has 0 unspecified atom stereocenters. The van der Waals surface area contributed by atoms with Crippen LogP contribution < -0.4 is 0 Å². The molecule has 1 aromatic carbocycles. The van der Waals surface area contributed by atoms with E-state index in [4.69, 9.17) is 4.74 Å². The molecule has 3 rings (SSSR count). The lowest BCUT2D eigenvalue weighted by Gasteiger charge is -2.05. The Labute approximate surface area is 76.5 Å². The van der Waals surface area contributed by atoms with Gasteiger partial charge in [-0.3, -0.25) is 4.79 Å². The second-order valence-corrected chi connectivity index (χ2v) is 3.74. The first-order valence-electron chi connectivity index (χ1n) is 4.62. The Kier molecular flexibility index (Phi) is 1.29. The number of carbonyl (C=O) groups is 1. The molecule has 2 heteroatoms. The lowest BCUT2D eigenvalue weighted by atomic mass is 9.99. The molecule has 0 aromatic heterocycles. The molecular formula is C11H10O2. The molecule has 0 saturated carbocycles. The molecule has 2 aliphatic rings. The zero-order chi connectivity index (χ0) is 8.84. The van der Waals surface area contributed by atoms with Gasteiger partial charge in [-0.15, -0.1) is 0 Å². The highest BCUT2D eigenvalue weighted by molar-refractivity contribution is 5.74. The zero-order valence-corrected chi connectivity index (χ0v) is 7.19. The van der Waals surface area contributed by atoms with Gasteiger partial charge >= 0.3 is 5.97 Å². The van der Waals surface area contributed by atoms with Crippen molar-refractivity contribution in [2.45, 2.75) is 24.9 Å². The molecule has 1 aliphatic heterocycles. The van der Waals surface area contributed by atoms with Gasteiger partial charge in [-0.1, -0.05) is 24.3 Å². The van der Waals surface area contributed by atoms with Gasteiger partial charge in [0, 0.05) is 12.3 Å². The molecule has 1 aromatic rings. The van der Waals surface area contributed by atoms with Crippen LogP contribution in [-0.4, -0.2) is 12.1 Å². The summed E-state index contributed by atoms with van der Waals surface area (Å²) in [5, 5.41) is 0. The van der Waals surface area contributed by atoms with Crippen molar-refractivity contribution in [3.63, 3.8) is 0 Å². The fraction of sp³-hybridized carbons (Fsp3) is 0.364. The maximum atomic E-state index is 11.0. The summed E-state index contributed by atoms with van der Waals surface area (Å²) in [6, 6.07) is 8.31. The standard InChI is InChI=1S/C11H10O2/c12-11-6-9-8-4-2-1-3-7(8)5-10(9)13-11/h1-4,9-10H,5-6H2/t9-,10+/m0/s1. The number of hydrogen-bond donors (Lipinski definition) is 0. The Morgan fingerprint density at radius 3 is 3.00 bits per heavy atom. The number of benzene rings is 1. The topological polar surface area (TPSA) is 26.3 Å². The Balaban J connectivity index is 2.06. The van der Waals surface area contributed by atoms with Crippen molar-refractivity contribution in [3.8, 4) is 0 Å². The van der Waals surface area contributed by atoms with Gasteiger partial charge in [-0.05, 0) is 11.1 Å². The van der Waals surface area contributed by atoms with E-state index >= 15 is 0 Å². The third-order valence-corrected chi connectivity index (χ3v) is 2.99. The summed E-state index contributed by atoms with van der Waals surface area (Å²) in [4.78, 5) is 11.0. The SMILES string of the molecule is O=C1C[C@H]2c3ccccc3C[C@H]2O1. The first kappa shape index (κ1) is 7.13. The molecule has 2 nitrogen and oxygen atoms in total. The van der Waals surface area contributed by atoms with E-state index in [2.05, 4.69) is 12.1 Å². The van der Waals surface area contributed by atoms with Gasteiger partial charge in [-0.25, -0.2) is 0 Å². The molecule has 1 aliphatic carbocycles. The first-order valence-corrected chi connectivity index (χ1v) is 4.62. The Bertz CT molecular complexity index is 370. The largest absolute Gasteiger partial charge is 0.461 e. The second-order valence-electron chi connectivity index (χ2n) is 3.74. The van der Waals surface area contributed by atoms with Crippen LogP contribution in [0.25, 0.3) is 0 Å². The molecule has 1 heterocycles. The summed E-state index contributed by atoms with van der Waals surface area (Å²) in [6.07, 6.45) is 1.61. The molecule has 13 heavy (non-hydrogen) atoms. The number of esters is 1. The van der Waals surface area contributed by atoms with E-state index in [1.807, 2.05) is 12.1 Å². The van der Waals surface area contributed by atoms with Crippen LogP contribution in [0.5, 0.6) is 0 Å². The molecule has 66 valence electrons. The monoisotopic (exact) mass is 174 g/mol. The lowest BCUT2D eigenvalue weighted by molar-refractivity contribution is -0.141. The average molecular weight is 174 g/mol. The smallest absolute Gasteiger partial charge is 0.306 e. The predicted molar refractivity (Wildman–Crippen MR) is 47.4 cm³/mol. The first-order chi connectivity index (χ1) is 6.34. The summed E-state index contributed by atoms with van der Waals surface area (Å²) >= 11 is 0. The predicted octanol–water partition coefficient (Wildman–Crippen LogP) is 1.64. The van der Waals surface area contributed by atoms with E-state index in [0.29, 0.717) is 12.3 Å². The van der Waals surface area contributed by atoms with Crippen LogP contribution >= 0.6 is 0 Å². The number of ether oxygens (including phenoxy) is 1. The minimum atomic E-state index is -0.0375. The molecule has 1 saturated heterocycles. The number of rotatable bonds is 0. The van der Waals surface area contributed by atoms with Crippen LogP contribution in [-0.2, 0) is 16.0 Å². The van der Waals surface area contributed by atoms with Crippen LogP contribution in [0, 0.1) is 0 Å². The average Bonchev–Trinajstić information content (AvgIpc) is 2.60. The van der Waals surface area contributed by atoms with Crippen LogP contribution in [0.3, 0.4) is 0 Å². The third kappa shape index (κ3) is 0.916. The van der Waals surface area contributed by atoms with E-state index in [0.717, 1.165) is 6.42 Å². The fourth-order valence-corrected chi connectivity index (χ4v) is 2.40. The van der Waals surface area contributed by atoms with Gasteiger partial charge in [-0.2, -0.15) is 0 Å². The van der Waals surface area contributed by atoms with Crippen molar-refractivity contribution in [3.05, 3.63) is 35.4 Å². The summed E-state index contributed by atoms with van der Waals surface area (Å²) in [7, 11) is 0. The van der Waals surface area contributed by atoms with Crippen molar-refractivity contribution >= 4 is 5.97 Å². The molecule has 0 N–H and O–H groups in total. The van der Waals surface area contributed by atoms with Gasteiger partial charge < -0.3 is 4.74 Å². The molecule has 0 amide bonds. The van der Waals surface area contributed by atoms with Crippen molar-refractivity contribution in [1.82, 2.24) is 0 Å². The van der Waals surface area contributed by atoms with Crippen LogP contribution in [0.15, 0.2) is 24.3 Å². The Morgan fingerprint density at radius 1 is 1.23 bits per heavy atom. The van der Waals surface area contributed by atoms with E-state index in [1.54, 1.807) is 0 Å². The van der Waals surface area contributed by atoms with Crippen LogP contribution in [0.4, 0.5) is 0 Å². The maximum absolute atomic E-state index is 11.0. The molecule has 2 atom stereocenters. The highest BCUT2D eigenvalue weighted by atomic mass is 16.5. The van der Waals surface area contributed by atoms with Crippen molar-refractivity contribution < 1.29 is 9.53 Å². The van der Waals surface area contributed by atoms with Crippen molar-refractivity contribution in [2.75, 3.05) is 0 Å². The maximum Gasteiger partial charge on any atom is 0.306 e. The quantitative estimate of drug-likeness (QED) is 0.559. The number of hydrogen-bond acceptors (Lipinski definition) is 2. The Morgan fingerprint density at radius 2 is 2.08 bits per heavy atom. The number of carbonyl (C=O) groups excluding carboxylic acids is 1. The van der Waals surface area contributed by atoms with Crippen molar-refractivity contribution in [1.29, 1.82) is 0 Å². The summed E-state index contributed by atoms with van der Waals surface area (Å²) in [6.45, 7) is 0. The van der Waals surface area contributed by atoms with Gasteiger partial charge in [0.25, 0.3) is 0 Å². The molecule has 1 fully saturated rings. The van der Waals surface area contributed by atoms with E-state index in [1.165, 1.54) is 11.1 Å². The number of fused-ring (bicyclic) bond motifs is 3. The van der Waals surface area contributed by atoms with E-state index in [-0.39, 0.29) is 12.1 Å². The molecular weight excluding hydrogens is 164 g/mol. The van der Waals surface area contributed by atoms with Crippen LogP contribution in [0.1, 0.15) is 23.5 Å². The fourth-order valence-electron chi connectivity index (χ4n) is 2.40. The van der Waals surface area contributed by atoms with Crippen molar-refractivity contribution in [2.24, 2.45) is 0 Å². The van der Waals surface area contributed by atoms with Crippen LogP contribution in [0.2, 0.25) is 0 Å². The minimum Gasteiger partial charge on any atom is -0.461 e. The van der Waals surface area contributed by atoms with Gasteiger partial charge in [0.05, 0.1) is 6.42 Å². The summed E-state index contributed by atoms with van der Waals surface area (Å²) in [5.41, 5.74) is 2.67. The summed E-state index contributed by atoms with van der Waals surface area (Å²) < 4.78 is 5.23. The Hall–Kier alpha value is -1.31. The van der Waals surface area contributed by atoms with E-state index in [9.17, 15) is 4.79 Å². The third-order valence-electron chi connectivity index (χ3n) is 2.99. The van der Waals surface area contributed by atoms with E-state index < -0.39 is 0 Å². The normalized spacial score (nSPS) is 29.7. The minimum absolute atomic E-state index is 0.0375. The molecule has 0 spiro atoms. The lowest BCUT2D eigenvalue weighted by Crippen LogP contribution is -2.09. The second kappa shape index (κ2) is 2.34. The summed E-state index contributed by atoms with van der Waals surface area (Å²) in [5.74, 6) is 0.299. The molecule has 0 radical (unpaired) electrons. The van der Waals surface area contributed by atoms with Gasteiger partial charge in [0.15, 0.2) is 0 Å².